The van der Waals surface area contributed by atoms with Crippen molar-refractivity contribution in [3.63, 3.8) is 0 Å². The minimum Gasteiger partial charge on any atom is -0.456 e. The van der Waals surface area contributed by atoms with Crippen LogP contribution in [0.25, 0.3) is 22.8 Å². The Bertz CT molecular complexity index is 3190. The summed E-state index contributed by atoms with van der Waals surface area (Å²) < 4.78 is 11.1. The fourth-order valence-electron chi connectivity index (χ4n) is 11.9. The average molecular weight is 1340 g/mol. The van der Waals surface area contributed by atoms with Gasteiger partial charge in [-0.3, -0.25) is 23.7 Å². The van der Waals surface area contributed by atoms with Crippen LogP contribution < -0.4 is 40.9 Å². The van der Waals surface area contributed by atoms with Gasteiger partial charge >= 0.3 is 12.1 Å². The molecule has 2 aromatic heterocycles. The molecule has 491 valence electrons. The fourth-order valence-corrected chi connectivity index (χ4v) is 11.9. The topological polar surface area (TPSA) is 245 Å². The summed E-state index contributed by atoms with van der Waals surface area (Å²) in [5.41, 5.74) is 5.35. The number of ether oxygens (including phenoxy) is 2. The van der Waals surface area contributed by atoms with E-state index in [1.807, 2.05) is 58.3 Å². The van der Waals surface area contributed by atoms with E-state index in [-0.39, 0.29) is 56.6 Å². The van der Waals surface area contributed by atoms with Gasteiger partial charge in [-0.1, -0.05) is 0 Å². The van der Waals surface area contributed by atoms with Gasteiger partial charge < -0.3 is 79.7 Å². The smallest absolute Gasteiger partial charge is 0.323 e. The molecule has 0 atom stereocenters. The standard InChI is InChI=1S/2C33H43N10O3.Y/c2*1-39(2)28-12-14-41(15-13-28)30(44)25-6-10-27(11-7-25)35-33(45)34-26-8-4-24(5-9-26)29-36-31(42-18-16-40(3)17-19-42)38-32(37-29)43-20-22-46-23-21-43;/h2*4-11,28H,3,12-23H2,1-2H3,(H2,34,35,45);/q2*-1;. The van der Waals surface area contributed by atoms with E-state index in [1.165, 1.54) is 0 Å². The molecule has 0 spiro atoms. The second-order valence-corrected chi connectivity index (χ2v) is 24.4. The summed E-state index contributed by atoms with van der Waals surface area (Å²) in [6.45, 7) is 15.0. The van der Waals surface area contributed by atoms with Gasteiger partial charge in [0.25, 0.3) is 11.8 Å². The van der Waals surface area contributed by atoms with Gasteiger partial charge in [-0.15, -0.1) is 0 Å². The van der Waals surface area contributed by atoms with E-state index in [1.54, 1.807) is 48.5 Å². The number of rotatable bonds is 14. The van der Waals surface area contributed by atoms with Gasteiger partial charge in [0.2, 0.25) is 23.8 Å². The molecule has 0 bridgehead atoms. The molecule has 8 heterocycles. The van der Waals surface area contributed by atoms with Gasteiger partial charge in [0.05, 0.1) is 26.4 Å². The Morgan fingerprint density at radius 1 is 0.387 bits per heavy atom. The van der Waals surface area contributed by atoms with Gasteiger partial charge in [0, 0.05) is 168 Å². The van der Waals surface area contributed by atoms with Crippen molar-refractivity contribution in [2.24, 2.45) is 0 Å². The van der Waals surface area contributed by atoms with Crippen LogP contribution in [0.1, 0.15) is 46.4 Å². The molecule has 1 radical (unpaired) electrons. The Morgan fingerprint density at radius 2 is 0.656 bits per heavy atom. The van der Waals surface area contributed by atoms with Gasteiger partial charge in [-0.25, -0.2) is 9.59 Å². The number of anilines is 8. The Labute approximate surface area is 570 Å². The van der Waals surface area contributed by atoms with E-state index in [4.69, 9.17) is 39.4 Å². The molecule has 0 aliphatic carbocycles. The molecule has 6 aliphatic heterocycles. The van der Waals surface area contributed by atoms with Gasteiger partial charge in [0.15, 0.2) is 11.6 Å². The first-order valence-electron chi connectivity index (χ1n) is 31.9. The van der Waals surface area contributed by atoms with E-state index in [9.17, 15) is 19.2 Å². The fraction of sp³-hybridized carbons (Fsp3) is 0.455. The van der Waals surface area contributed by atoms with Crippen LogP contribution in [-0.4, -0.2) is 255 Å². The summed E-state index contributed by atoms with van der Waals surface area (Å²) in [4.78, 5) is 101. The predicted molar refractivity (Wildman–Crippen MR) is 358 cm³/mol. The van der Waals surface area contributed by atoms with Gasteiger partial charge in [0.1, 0.15) is 0 Å². The van der Waals surface area contributed by atoms with Crippen molar-refractivity contribution in [3.05, 3.63) is 122 Å². The van der Waals surface area contributed by atoms with Crippen molar-refractivity contribution in [1.82, 2.24) is 59.3 Å². The van der Waals surface area contributed by atoms with E-state index in [0.717, 1.165) is 142 Å². The Hall–Kier alpha value is -7.56. The van der Waals surface area contributed by atoms with Crippen LogP contribution in [0.3, 0.4) is 0 Å². The molecule has 0 saturated carbocycles. The summed E-state index contributed by atoms with van der Waals surface area (Å²) >= 11 is 0. The Balaban J connectivity index is 0.000000201. The number of hydrogen-bond donors (Lipinski definition) is 4. The summed E-state index contributed by atoms with van der Waals surface area (Å²) in [6, 6.07) is 29.2. The minimum absolute atomic E-state index is 0. The number of piperazine rings is 2. The monoisotopic (exact) mass is 1340 g/mol. The third kappa shape index (κ3) is 18.4. The molecule has 6 aliphatic rings. The molecular formula is C66H86N20O6Y-2. The van der Waals surface area contributed by atoms with Crippen molar-refractivity contribution < 1.29 is 61.4 Å². The van der Waals surface area contributed by atoms with Crippen LogP contribution in [0.15, 0.2) is 97.1 Å². The maximum absolute atomic E-state index is 13.0. The summed E-state index contributed by atoms with van der Waals surface area (Å²) in [6.07, 6.45) is 3.89. The quantitative estimate of drug-likeness (QED) is 0.0888. The number of amides is 6. The predicted octanol–water partition coefficient (Wildman–Crippen LogP) is 6.20. The Morgan fingerprint density at radius 3 is 0.935 bits per heavy atom. The number of benzene rings is 4. The second kappa shape index (κ2) is 32.5. The third-order valence-electron chi connectivity index (χ3n) is 17.7. The minimum atomic E-state index is -0.376. The zero-order chi connectivity index (χ0) is 64.1. The maximum Gasteiger partial charge on any atom is 0.323 e. The molecule has 6 saturated heterocycles. The number of aromatic nitrogens is 6. The van der Waals surface area contributed by atoms with Crippen LogP contribution >= 0.6 is 0 Å². The average Bonchev–Trinajstić information content (AvgIpc) is 1.07. The van der Waals surface area contributed by atoms with E-state index in [2.05, 4.69) is 103 Å². The van der Waals surface area contributed by atoms with Crippen molar-refractivity contribution in [1.29, 1.82) is 0 Å². The molecule has 12 rings (SSSR count). The van der Waals surface area contributed by atoms with Gasteiger partial charge in [-0.2, -0.15) is 29.9 Å². The first kappa shape index (κ1) is 68.3. The molecule has 26 nitrogen and oxygen atoms in total. The van der Waals surface area contributed by atoms with E-state index >= 15 is 0 Å². The molecule has 6 amide bonds. The summed E-state index contributed by atoms with van der Waals surface area (Å²) in [5.74, 6) is 3.80. The molecule has 93 heavy (non-hydrogen) atoms. The van der Waals surface area contributed by atoms with E-state index < -0.39 is 0 Å². The number of carbonyl (C=O) groups is 4. The number of carbonyl (C=O) groups excluding carboxylic acids is 4. The molecule has 0 unspecified atom stereocenters. The Kier molecular flexibility index (Phi) is 23.9. The van der Waals surface area contributed by atoms with Crippen molar-refractivity contribution in [3.8, 4) is 22.8 Å². The largest absolute Gasteiger partial charge is 0.456 e. The van der Waals surface area contributed by atoms with Crippen LogP contribution in [0, 0.1) is 14.1 Å². The molecule has 27 heteroatoms. The third-order valence-corrected chi connectivity index (χ3v) is 17.7. The number of likely N-dealkylation sites (tertiary alicyclic amines) is 2. The summed E-state index contributed by atoms with van der Waals surface area (Å²) in [7, 11) is 16.4. The van der Waals surface area contributed by atoms with Crippen LogP contribution in [0.5, 0.6) is 0 Å². The normalized spacial score (nSPS) is 17.9. The molecule has 6 aromatic rings. The first-order chi connectivity index (χ1) is 44.6. The number of hydrogen-bond acceptors (Lipinski definition) is 20. The summed E-state index contributed by atoms with van der Waals surface area (Å²) in [5, 5.41) is 11.5. The maximum atomic E-state index is 13.0. The van der Waals surface area contributed by atoms with Crippen molar-refractivity contribution >= 4 is 70.4 Å². The zero-order valence-electron chi connectivity index (χ0n) is 54.0. The molecular weight excluding hydrogens is 1260 g/mol. The molecule has 4 aromatic carbocycles. The van der Waals surface area contributed by atoms with Crippen LogP contribution in [0.4, 0.5) is 56.1 Å². The van der Waals surface area contributed by atoms with Crippen LogP contribution in [-0.2, 0) is 42.2 Å². The molecule has 6 fully saturated rings. The van der Waals surface area contributed by atoms with Crippen LogP contribution in [0.2, 0.25) is 0 Å². The number of urea groups is 2. The van der Waals surface area contributed by atoms with Crippen molar-refractivity contribution in [2.45, 2.75) is 37.8 Å². The van der Waals surface area contributed by atoms with E-state index in [0.29, 0.717) is 108 Å². The number of piperidine rings is 2. The number of nitrogens with one attached hydrogen (secondary N) is 4. The first-order valence-corrected chi connectivity index (χ1v) is 31.9. The number of morpholine rings is 2. The van der Waals surface area contributed by atoms with Crippen molar-refractivity contribution in [2.75, 3.05) is 200 Å². The zero-order valence-corrected chi connectivity index (χ0v) is 56.8. The SMILES string of the molecule is [CH2-]N1CCN(c2nc(-c3ccc(NC(=O)Nc4ccc(C(=O)N5CCC(N(C)C)CC5)cc4)cc3)nc(N3CCOCC3)n2)CC1.[CH2-]N1CCN(c2nc(-c3ccc(NC(=O)Nc4ccc(C(=O)N5CCC(N(C)C)CC5)cc4)cc3)nc(N3CCOCC3)n2)CC1.[Y]. The molecule has 4 N–H and O–H groups in total. The van der Waals surface area contributed by atoms with Gasteiger partial charge in [-0.05, 0) is 177 Å². The number of nitrogens with zero attached hydrogens (tertiary/aromatic N) is 16. The second-order valence-electron chi connectivity index (χ2n) is 24.4.